The minimum absolute atomic E-state index is 0.0752. The van der Waals surface area contributed by atoms with E-state index in [2.05, 4.69) is 10.6 Å². The molecule has 104 valence electrons. The normalized spacial score (nSPS) is 10.9. The lowest BCUT2D eigenvalue weighted by atomic mass is 9.92. The first-order chi connectivity index (χ1) is 8.77. The number of carbonyl (C=O) groups excluding carboxylic acids is 2. The van der Waals surface area contributed by atoms with Gasteiger partial charge in [-0.1, -0.05) is 0 Å². The van der Waals surface area contributed by atoms with E-state index in [1.165, 1.54) is 19.2 Å². The Hall–Kier alpha value is -2.11. The van der Waals surface area contributed by atoms with Gasteiger partial charge in [-0.2, -0.15) is 0 Å². The SMILES string of the molecule is CNC(=O)C(C)(C)CNC(=O)c1ccc(O)cc1F. The molecule has 0 aromatic heterocycles. The second-order valence-electron chi connectivity index (χ2n) is 4.81. The molecule has 0 spiro atoms. The molecule has 1 rings (SSSR count). The summed E-state index contributed by atoms with van der Waals surface area (Å²) in [6.45, 7) is 3.41. The highest BCUT2D eigenvalue weighted by Gasteiger charge is 2.27. The molecular formula is C13H17FN2O3. The summed E-state index contributed by atoms with van der Waals surface area (Å²) >= 11 is 0. The van der Waals surface area contributed by atoms with Gasteiger partial charge in [-0.25, -0.2) is 4.39 Å². The number of nitrogens with one attached hydrogen (secondary N) is 2. The Morgan fingerprint density at radius 1 is 1.37 bits per heavy atom. The van der Waals surface area contributed by atoms with Gasteiger partial charge in [-0.05, 0) is 26.0 Å². The predicted octanol–water partition coefficient (Wildman–Crippen LogP) is 1.03. The summed E-state index contributed by atoms with van der Waals surface area (Å²) in [6, 6.07) is 3.27. The van der Waals surface area contributed by atoms with Crippen LogP contribution < -0.4 is 10.6 Å². The predicted molar refractivity (Wildman–Crippen MR) is 68.2 cm³/mol. The molecule has 19 heavy (non-hydrogen) atoms. The molecule has 2 amide bonds. The lowest BCUT2D eigenvalue weighted by Gasteiger charge is -2.22. The molecule has 0 saturated carbocycles. The first-order valence-electron chi connectivity index (χ1n) is 5.77. The molecule has 5 nitrogen and oxygen atoms in total. The Balaban J connectivity index is 2.73. The van der Waals surface area contributed by atoms with Crippen molar-refractivity contribution in [3.63, 3.8) is 0 Å². The maximum atomic E-state index is 13.4. The summed E-state index contributed by atoms with van der Waals surface area (Å²) in [5.41, 5.74) is -0.969. The van der Waals surface area contributed by atoms with Gasteiger partial charge in [0.05, 0.1) is 11.0 Å². The number of hydrogen-bond donors (Lipinski definition) is 3. The Labute approximate surface area is 110 Å². The highest BCUT2D eigenvalue weighted by atomic mass is 19.1. The average molecular weight is 268 g/mol. The van der Waals surface area contributed by atoms with Crippen molar-refractivity contribution in [1.29, 1.82) is 0 Å². The van der Waals surface area contributed by atoms with Crippen LogP contribution in [0.3, 0.4) is 0 Å². The Morgan fingerprint density at radius 2 is 2.00 bits per heavy atom. The van der Waals surface area contributed by atoms with Crippen molar-refractivity contribution in [2.24, 2.45) is 5.41 Å². The smallest absolute Gasteiger partial charge is 0.254 e. The van der Waals surface area contributed by atoms with Gasteiger partial charge >= 0.3 is 0 Å². The fraction of sp³-hybridized carbons (Fsp3) is 0.385. The zero-order valence-corrected chi connectivity index (χ0v) is 11.1. The molecule has 0 atom stereocenters. The maximum absolute atomic E-state index is 13.4. The highest BCUT2D eigenvalue weighted by Crippen LogP contribution is 2.16. The van der Waals surface area contributed by atoms with E-state index in [1.54, 1.807) is 13.8 Å². The number of hydrogen-bond acceptors (Lipinski definition) is 3. The molecule has 0 heterocycles. The standard InChI is InChI=1S/C13H17FN2O3/c1-13(2,12(19)15-3)7-16-11(18)9-5-4-8(17)6-10(9)14/h4-6,17H,7H2,1-3H3,(H,15,19)(H,16,18). The van der Waals surface area contributed by atoms with E-state index in [9.17, 15) is 14.0 Å². The molecular weight excluding hydrogens is 251 g/mol. The van der Waals surface area contributed by atoms with Gasteiger partial charge in [0.2, 0.25) is 5.91 Å². The van der Waals surface area contributed by atoms with Gasteiger partial charge in [-0.15, -0.1) is 0 Å². The fourth-order valence-electron chi connectivity index (χ4n) is 1.50. The van der Waals surface area contributed by atoms with Crippen LogP contribution in [-0.4, -0.2) is 30.5 Å². The van der Waals surface area contributed by atoms with Gasteiger partial charge in [0, 0.05) is 19.7 Å². The van der Waals surface area contributed by atoms with Crippen LogP contribution >= 0.6 is 0 Å². The van der Waals surface area contributed by atoms with Crippen molar-refractivity contribution in [3.05, 3.63) is 29.6 Å². The van der Waals surface area contributed by atoms with E-state index >= 15 is 0 Å². The van der Waals surface area contributed by atoms with Crippen molar-refractivity contribution < 1.29 is 19.1 Å². The molecule has 3 N–H and O–H groups in total. The highest BCUT2D eigenvalue weighted by molar-refractivity contribution is 5.95. The number of carbonyl (C=O) groups is 2. The van der Waals surface area contributed by atoms with Gasteiger partial charge < -0.3 is 15.7 Å². The number of rotatable bonds is 4. The minimum atomic E-state index is -0.810. The first kappa shape index (κ1) is 14.9. The van der Waals surface area contributed by atoms with E-state index in [-0.39, 0.29) is 23.8 Å². The molecule has 1 aromatic rings. The van der Waals surface area contributed by atoms with Crippen LogP contribution in [0.1, 0.15) is 24.2 Å². The number of phenols is 1. The van der Waals surface area contributed by atoms with Crippen molar-refractivity contribution >= 4 is 11.8 Å². The zero-order chi connectivity index (χ0) is 14.6. The molecule has 0 aliphatic carbocycles. The number of aromatic hydroxyl groups is 1. The van der Waals surface area contributed by atoms with Crippen LogP contribution in [0.2, 0.25) is 0 Å². The third-order valence-corrected chi connectivity index (χ3v) is 2.73. The van der Waals surface area contributed by atoms with Gasteiger partial charge in [0.15, 0.2) is 0 Å². The van der Waals surface area contributed by atoms with E-state index in [4.69, 9.17) is 5.11 Å². The lowest BCUT2D eigenvalue weighted by Crippen LogP contribution is -2.43. The van der Waals surface area contributed by atoms with Crippen LogP contribution in [0.25, 0.3) is 0 Å². The second kappa shape index (κ2) is 5.69. The summed E-state index contributed by atoms with van der Waals surface area (Å²) in [4.78, 5) is 23.3. The van der Waals surface area contributed by atoms with Crippen molar-refractivity contribution in [2.45, 2.75) is 13.8 Å². The summed E-state index contributed by atoms with van der Waals surface area (Å²) in [5.74, 6) is -1.91. The molecule has 0 bridgehead atoms. The van der Waals surface area contributed by atoms with Gasteiger partial charge in [0.1, 0.15) is 11.6 Å². The number of halogens is 1. The third-order valence-electron chi connectivity index (χ3n) is 2.73. The Kier molecular flexibility index (Phi) is 4.47. The van der Waals surface area contributed by atoms with Crippen molar-refractivity contribution in [3.8, 4) is 5.75 Å². The molecule has 0 radical (unpaired) electrons. The van der Waals surface area contributed by atoms with Crippen LogP contribution in [0.15, 0.2) is 18.2 Å². The molecule has 1 aromatic carbocycles. The number of benzene rings is 1. The van der Waals surface area contributed by atoms with Crippen LogP contribution in [0.4, 0.5) is 4.39 Å². The molecule has 6 heteroatoms. The topological polar surface area (TPSA) is 78.4 Å². The first-order valence-corrected chi connectivity index (χ1v) is 5.77. The summed E-state index contributed by atoms with van der Waals surface area (Å²) in [6.07, 6.45) is 0. The Bertz CT molecular complexity index is 501. The van der Waals surface area contributed by atoms with Crippen LogP contribution in [0.5, 0.6) is 5.75 Å². The second-order valence-corrected chi connectivity index (χ2v) is 4.81. The summed E-state index contributed by atoms with van der Waals surface area (Å²) < 4.78 is 13.4. The molecule has 0 unspecified atom stereocenters. The van der Waals surface area contributed by atoms with E-state index in [0.717, 1.165) is 6.07 Å². The Morgan fingerprint density at radius 3 is 2.53 bits per heavy atom. The van der Waals surface area contributed by atoms with Crippen molar-refractivity contribution in [2.75, 3.05) is 13.6 Å². The average Bonchev–Trinajstić information content (AvgIpc) is 2.35. The van der Waals surface area contributed by atoms with E-state index in [1.807, 2.05) is 0 Å². The van der Waals surface area contributed by atoms with E-state index < -0.39 is 17.1 Å². The summed E-state index contributed by atoms with van der Waals surface area (Å²) in [7, 11) is 1.51. The van der Waals surface area contributed by atoms with Crippen LogP contribution in [0, 0.1) is 11.2 Å². The maximum Gasteiger partial charge on any atom is 0.254 e. The quantitative estimate of drug-likeness (QED) is 0.763. The fourth-order valence-corrected chi connectivity index (χ4v) is 1.50. The molecule has 0 aliphatic heterocycles. The number of phenolic OH excluding ortho intramolecular Hbond substituents is 1. The van der Waals surface area contributed by atoms with E-state index in [0.29, 0.717) is 0 Å². The monoisotopic (exact) mass is 268 g/mol. The largest absolute Gasteiger partial charge is 0.508 e. The van der Waals surface area contributed by atoms with Crippen LogP contribution in [-0.2, 0) is 4.79 Å². The molecule has 0 saturated heterocycles. The van der Waals surface area contributed by atoms with Gasteiger partial charge in [-0.3, -0.25) is 9.59 Å². The minimum Gasteiger partial charge on any atom is -0.508 e. The molecule has 0 fully saturated rings. The molecule has 0 aliphatic rings. The lowest BCUT2D eigenvalue weighted by molar-refractivity contribution is -0.128. The van der Waals surface area contributed by atoms with Gasteiger partial charge in [0.25, 0.3) is 5.91 Å². The summed E-state index contributed by atoms with van der Waals surface area (Å²) in [5, 5.41) is 14.0. The van der Waals surface area contributed by atoms with Crippen molar-refractivity contribution in [1.82, 2.24) is 10.6 Å². The number of amides is 2. The zero-order valence-electron chi connectivity index (χ0n) is 11.1. The third kappa shape index (κ3) is 3.67.